The molecule has 144 valence electrons. The van der Waals surface area contributed by atoms with Crippen LogP contribution in [0.25, 0.3) is 0 Å². The normalized spacial score (nSPS) is 17.4. The lowest BCUT2D eigenvalue weighted by Gasteiger charge is -2.33. The first-order chi connectivity index (χ1) is 11.8. The first kappa shape index (κ1) is 21.9. The standard InChI is InChI=1S/C20H40O4/c1-4-7-8-9-10-11-12-14-20(23-5-2,24-6-3)15-13-16-21-17-19-18-22-19/h19H,4-18H2,1-3H3. The van der Waals surface area contributed by atoms with Crippen molar-refractivity contribution in [2.75, 3.05) is 33.0 Å². The summed E-state index contributed by atoms with van der Waals surface area (Å²) in [5.74, 6) is -0.410. The van der Waals surface area contributed by atoms with Crippen LogP contribution in [0.1, 0.15) is 85.0 Å². The van der Waals surface area contributed by atoms with Gasteiger partial charge in [-0.2, -0.15) is 0 Å². The van der Waals surface area contributed by atoms with Gasteiger partial charge in [-0.25, -0.2) is 0 Å². The summed E-state index contributed by atoms with van der Waals surface area (Å²) >= 11 is 0. The van der Waals surface area contributed by atoms with Gasteiger partial charge in [-0.05, 0) is 26.7 Å². The second-order valence-electron chi connectivity index (χ2n) is 6.78. The fourth-order valence-electron chi connectivity index (χ4n) is 3.16. The Labute approximate surface area is 149 Å². The fraction of sp³-hybridized carbons (Fsp3) is 1.00. The van der Waals surface area contributed by atoms with E-state index in [-0.39, 0.29) is 0 Å². The first-order valence-electron chi connectivity index (χ1n) is 10.2. The molecular weight excluding hydrogens is 304 g/mol. The molecule has 0 bridgehead atoms. The first-order valence-corrected chi connectivity index (χ1v) is 10.2. The van der Waals surface area contributed by atoms with Gasteiger partial charge in [-0.15, -0.1) is 0 Å². The maximum Gasteiger partial charge on any atom is 0.168 e. The van der Waals surface area contributed by atoms with Crippen molar-refractivity contribution in [2.24, 2.45) is 0 Å². The Bertz CT molecular complexity index is 273. The van der Waals surface area contributed by atoms with Gasteiger partial charge in [-0.3, -0.25) is 0 Å². The smallest absolute Gasteiger partial charge is 0.168 e. The van der Waals surface area contributed by atoms with Gasteiger partial charge in [0.1, 0.15) is 6.10 Å². The highest BCUT2D eigenvalue weighted by Gasteiger charge is 2.30. The van der Waals surface area contributed by atoms with Crippen LogP contribution in [0.15, 0.2) is 0 Å². The molecule has 1 fully saturated rings. The highest BCUT2D eigenvalue weighted by atomic mass is 16.7. The molecule has 0 aromatic heterocycles. The topological polar surface area (TPSA) is 40.2 Å². The Balaban J connectivity index is 2.21. The Morgan fingerprint density at radius 2 is 1.42 bits per heavy atom. The number of hydrogen-bond acceptors (Lipinski definition) is 4. The summed E-state index contributed by atoms with van der Waals surface area (Å²) in [7, 11) is 0. The summed E-state index contributed by atoms with van der Waals surface area (Å²) in [6.07, 6.45) is 12.4. The summed E-state index contributed by atoms with van der Waals surface area (Å²) in [6, 6.07) is 0. The molecule has 24 heavy (non-hydrogen) atoms. The van der Waals surface area contributed by atoms with Crippen molar-refractivity contribution in [1.82, 2.24) is 0 Å². The Hall–Kier alpha value is -0.160. The minimum Gasteiger partial charge on any atom is -0.379 e. The summed E-state index contributed by atoms with van der Waals surface area (Å²) < 4.78 is 22.9. The van der Waals surface area contributed by atoms with Gasteiger partial charge in [0.2, 0.25) is 0 Å². The largest absolute Gasteiger partial charge is 0.379 e. The van der Waals surface area contributed by atoms with E-state index in [0.717, 1.165) is 39.1 Å². The molecule has 1 heterocycles. The van der Waals surface area contributed by atoms with Crippen molar-refractivity contribution in [2.45, 2.75) is 96.9 Å². The van der Waals surface area contributed by atoms with Gasteiger partial charge in [0.15, 0.2) is 5.79 Å². The van der Waals surface area contributed by atoms with Crippen molar-refractivity contribution in [1.29, 1.82) is 0 Å². The van der Waals surface area contributed by atoms with Gasteiger partial charge >= 0.3 is 0 Å². The summed E-state index contributed by atoms with van der Waals surface area (Å²) in [6.45, 7) is 10.1. The average Bonchev–Trinajstić information content (AvgIpc) is 3.38. The van der Waals surface area contributed by atoms with E-state index < -0.39 is 5.79 Å². The maximum absolute atomic E-state index is 6.05. The van der Waals surface area contributed by atoms with Crippen LogP contribution in [0.5, 0.6) is 0 Å². The van der Waals surface area contributed by atoms with Crippen LogP contribution in [0.4, 0.5) is 0 Å². The second-order valence-corrected chi connectivity index (χ2v) is 6.78. The highest BCUT2D eigenvalue weighted by molar-refractivity contribution is 4.72. The van der Waals surface area contributed by atoms with E-state index in [9.17, 15) is 0 Å². The quantitative estimate of drug-likeness (QED) is 0.197. The van der Waals surface area contributed by atoms with Gasteiger partial charge in [0.25, 0.3) is 0 Å². The fourth-order valence-corrected chi connectivity index (χ4v) is 3.16. The molecule has 1 unspecified atom stereocenters. The molecular formula is C20H40O4. The average molecular weight is 345 g/mol. The molecule has 0 aromatic rings. The number of ether oxygens (including phenoxy) is 4. The van der Waals surface area contributed by atoms with E-state index in [4.69, 9.17) is 18.9 Å². The van der Waals surface area contributed by atoms with Crippen LogP contribution in [0.2, 0.25) is 0 Å². The van der Waals surface area contributed by atoms with E-state index in [2.05, 4.69) is 20.8 Å². The van der Waals surface area contributed by atoms with Crippen LogP contribution < -0.4 is 0 Å². The number of rotatable bonds is 18. The summed E-state index contributed by atoms with van der Waals surface area (Å²) in [5, 5.41) is 0. The molecule has 1 aliphatic heterocycles. The lowest BCUT2D eigenvalue weighted by atomic mass is 10.0. The lowest BCUT2D eigenvalue weighted by Crippen LogP contribution is -2.36. The molecule has 0 aliphatic carbocycles. The third-order valence-corrected chi connectivity index (χ3v) is 4.53. The molecule has 1 atom stereocenters. The van der Waals surface area contributed by atoms with Crippen molar-refractivity contribution in [3.05, 3.63) is 0 Å². The third-order valence-electron chi connectivity index (χ3n) is 4.53. The molecule has 0 aromatic carbocycles. The molecule has 4 heteroatoms. The SMILES string of the molecule is CCCCCCCCCC(CCCOCC1CO1)(OCC)OCC. The van der Waals surface area contributed by atoms with Crippen molar-refractivity contribution in [3.8, 4) is 0 Å². The maximum atomic E-state index is 6.05. The molecule has 1 saturated heterocycles. The van der Waals surface area contributed by atoms with E-state index >= 15 is 0 Å². The van der Waals surface area contributed by atoms with Crippen LogP contribution in [0.3, 0.4) is 0 Å². The highest BCUT2D eigenvalue weighted by Crippen LogP contribution is 2.28. The second kappa shape index (κ2) is 14.1. The van der Waals surface area contributed by atoms with E-state index in [0.29, 0.717) is 19.3 Å². The van der Waals surface area contributed by atoms with Crippen LogP contribution >= 0.6 is 0 Å². The predicted molar refractivity (Wildman–Crippen MR) is 98.4 cm³/mol. The van der Waals surface area contributed by atoms with E-state index in [1.165, 1.54) is 44.9 Å². The molecule has 0 N–H and O–H groups in total. The van der Waals surface area contributed by atoms with Crippen LogP contribution in [-0.2, 0) is 18.9 Å². The van der Waals surface area contributed by atoms with Crippen molar-refractivity contribution >= 4 is 0 Å². The zero-order valence-corrected chi connectivity index (χ0v) is 16.3. The van der Waals surface area contributed by atoms with Crippen LogP contribution in [-0.4, -0.2) is 44.9 Å². The molecule has 0 amide bonds. The molecule has 0 saturated carbocycles. The molecule has 0 spiro atoms. The third kappa shape index (κ3) is 10.7. The minimum atomic E-state index is -0.410. The lowest BCUT2D eigenvalue weighted by molar-refractivity contribution is -0.242. The van der Waals surface area contributed by atoms with Crippen molar-refractivity contribution < 1.29 is 18.9 Å². The number of epoxide rings is 1. The monoisotopic (exact) mass is 344 g/mol. The Morgan fingerprint density at radius 3 is 2.00 bits per heavy atom. The Kier molecular flexibility index (Phi) is 12.8. The molecule has 1 aliphatic rings. The van der Waals surface area contributed by atoms with Gasteiger partial charge < -0.3 is 18.9 Å². The zero-order chi connectivity index (χ0) is 17.5. The molecule has 1 rings (SSSR count). The predicted octanol–water partition coefficient (Wildman–Crippen LogP) is 5.09. The summed E-state index contributed by atoms with van der Waals surface area (Å²) in [4.78, 5) is 0. The van der Waals surface area contributed by atoms with E-state index in [1.54, 1.807) is 0 Å². The molecule has 4 nitrogen and oxygen atoms in total. The zero-order valence-electron chi connectivity index (χ0n) is 16.3. The number of unbranched alkanes of at least 4 members (excludes halogenated alkanes) is 6. The number of hydrogen-bond donors (Lipinski definition) is 0. The van der Waals surface area contributed by atoms with Gasteiger partial charge in [0, 0.05) is 32.7 Å². The van der Waals surface area contributed by atoms with Gasteiger partial charge in [0.05, 0.1) is 13.2 Å². The van der Waals surface area contributed by atoms with E-state index in [1.807, 2.05) is 0 Å². The van der Waals surface area contributed by atoms with Gasteiger partial charge in [-0.1, -0.05) is 45.4 Å². The van der Waals surface area contributed by atoms with Crippen LogP contribution in [0, 0.1) is 0 Å². The Morgan fingerprint density at radius 1 is 0.833 bits per heavy atom. The summed E-state index contributed by atoms with van der Waals surface area (Å²) in [5.41, 5.74) is 0. The minimum absolute atomic E-state index is 0.348. The molecule has 0 radical (unpaired) electrons. The van der Waals surface area contributed by atoms with Crippen molar-refractivity contribution in [3.63, 3.8) is 0 Å².